The van der Waals surface area contributed by atoms with Crippen molar-refractivity contribution in [2.45, 2.75) is 13.3 Å². The Hall–Kier alpha value is -2.03. The van der Waals surface area contributed by atoms with Crippen LogP contribution in [0.3, 0.4) is 0 Å². The van der Waals surface area contributed by atoms with Crippen LogP contribution in [0.25, 0.3) is 10.9 Å². The molecule has 0 atom stereocenters. The predicted octanol–water partition coefficient (Wildman–Crippen LogP) is 2.40. The van der Waals surface area contributed by atoms with Gasteiger partial charge in [-0.2, -0.15) is 0 Å². The van der Waals surface area contributed by atoms with E-state index in [4.69, 9.17) is 0 Å². The van der Waals surface area contributed by atoms with Crippen molar-refractivity contribution in [2.75, 3.05) is 0 Å². The van der Waals surface area contributed by atoms with Crippen LogP contribution < -0.4 is 0 Å². The van der Waals surface area contributed by atoms with Crippen LogP contribution in [-0.4, -0.2) is 16.6 Å². The zero-order valence-corrected chi connectivity index (χ0v) is 8.93. The van der Waals surface area contributed by atoms with E-state index in [1.54, 1.807) is 6.07 Å². The van der Waals surface area contributed by atoms with Gasteiger partial charge >= 0.3 is 0 Å². The van der Waals surface area contributed by atoms with Gasteiger partial charge in [0.05, 0.1) is 11.9 Å². The lowest BCUT2D eigenvalue weighted by Crippen LogP contribution is -2.05. The molecule has 0 fully saturated rings. The minimum Gasteiger partial charge on any atom is -0.300 e. The molecular formula is C13H11NO2. The van der Waals surface area contributed by atoms with E-state index in [9.17, 15) is 9.59 Å². The van der Waals surface area contributed by atoms with E-state index < -0.39 is 0 Å². The number of pyridine rings is 1. The van der Waals surface area contributed by atoms with Crippen molar-refractivity contribution < 1.29 is 9.59 Å². The van der Waals surface area contributed by atoms with Gasteiger partial charge in [0.1, 0.15) is 5.78 Å². The van der Waals surface area contributed by atoms with Crippen molar-refractivity contribution in [3.63, 3.8) is 0 Å². The molecule has 16 heavy (non-hydrogen) atoms. The summed E-state index contributed by atoms with van der Waals surface area (Å²) >= 11 is 0. The molecule has 0 saturated heterocycles. The molecule has 3 nitrogen and oxygen atoms in total. The summed E-state index contributed by atoms with van der Waals surface area (Å²) in [7, 11) is 0. The summed E-state index contributed by atoms with van der Waals surface area (Å²) in [5, 5.41) is 0.914. The highest BCUT2D eigenvalue weighted by Crippen LogP contribution is 2.13. The highest BCUT2D eigenvalue weighted by Gasteiger charge is 2.09. The molecule has 0 bridgehead atoms. The smallest absolute Gasteiger partial charge is 0.171 e. The fourth-order valence-corrected chi connectivity index (χ4v) is 1.55. The summed E-state index contributed by atoms with van der Waals surface area (Å²) in [5.74, 6) is -0.302. The van der Waals surface area contributed by atoms with Crippen LogP contribution in [0.15, 0.2) is 36.5 Å². The number of benzene rings is 1. The van der Waals surface area contributed by atoms with E-state index in [1.807, 2.05) is 24.3 Å². The molecule has 1 aromatic heterocycles. The average Bonchev–Trinajstić information content (AvgIpc) is 2.27. The third-order valence-electron chi connectivity index (χ3n) is 2.32. The number of fused-ring (bicyclic) bond motifs is 1. The van der Waals surface area contributed by atoms with Gasteiger partial charge in [-0.25, -0.2) is 0 Å². The lowest BCUT2D eigenvalue weighted by molar-refractivity contribution is -0.116. The van der Waals surface area contributed by atoms with Crippen molar-refractivity contribution in [1.82, 2.24) is 4.98 Å². The van der Waals surface area contributed by atoms with Crippen LogP contribution in [0.1, 0.15) is 23.7 Å². The molecule has 2 rings (SSSR count). The summed E-state index contributed by atoms with van der Waals surface area (Å²) in [4.78, 5) is 26.7. The van der Waals surface area contributed by atoms with E-state index in [-0.39, 0.29) is 18.0 Å². The largest absolute Gasteiger partial charge is 0.300 e. The molecule has 0 aliphatic heterocycles. The average molecular weight is 213 g/mol. The second-order valence-corrected chi connectivity index (χ2v) is 3.72. The van der Waals surface area contributed by atoms with E-state index in [0.29, 0.717) is 5.56 Å². The molecule has 2 aromatic rings. The van der Waals surface area contributed by atoms with Crippen LogP contribution in [0.2, 0.25) is 0 Å². The van der Waals surface area contributed by atoms with Crippen LogP contribution in [0, 0.1) is 0 Å². The molecule has 0 radical (unpaired) electrons. The normalized spacial score (nSPS) is 10.3. The standard InChI is InChI=1S/C13H11NO2/c1-9(15)6-13(16)11-7-10-4-2-3-5-12(10)14-8-11/h2-5,7-8H,6H2,1H3. The SMILES string of the molecule is CC(=O)CC(=O)c1cnc2ccccc2c1. The second-order valence-electron chi connectivity index (χ2n) is 3.72. The van der Waals surface area contributed by atoms with E-state index >= 15 is 0 Å². The molecule has 0 spiro atoms. The Labute approximate surface area is 93.1 Å². The molecule has 0 aliphatic rings. The quantitative estimate of drug-likeness (QED) is 0.581. The Bertz CT molecular complexity index is 561. The molecule has 0 amide bonds. The van der Waals surface area contributed by atoms with Crippen LogP contribution in [0.4, 0.5) is 0 Å². The van der Waals surface area contributed by atoms with Crippen molar-refractivity contribution >= 4 is 22.5 Å². The lowest BCUT2D eigenvalue weighted by atomic mass is 10.1. The van der Waals surface area contributed by atoms with Gasteiger partial charge in [0.2, 0.25) is 0 Å². The van der Waals surface area contributed by atoms with Crippen LogP contribution in [0.5, 0.6) is 0 Å². The molecule has 1 aromatic carbocycles. The summed E-state index contributed by atoms with van der Waals surface area (Å²) in [6, 6.07) is 9.34. The minimum atomic E-state index is -0.175. The third-order valence-corrected chi connectivity index (χ3v) is 2.32. The number of rotatable bonds is 3. The highest BCUT2D eigenvalue weighted by atomic mass is 16.1. The number of ketones is 2. The first kappa shape index (κ1) is 10.5. The molecule has 0 unspecified atom stereocenters. The Kier molecular flexibility index (Phi) is 2.77. The first-order valence-corrected chi connectivity index (χ1v) is 5.04. The van der Waals surface area contributed by atoms with Crippen LogP contribution >= 0.6 is 0 Å². The zero-order valence-electron chi connectivity index (χ0n) is 8.93. The summed E-state index contributed by atoms with van der Waals surface area (Å²) in [6.45, 7) is 1.41. The number of para-hydroxylation sites is 1. The van der Waals surface area contributed by atoms with E-state index in [0.717, 1.165) is 10.9 Å². The van der Waals surface area contributed by atoms with Crippen molar-refractivity contribution in [1.29, 1.82) is 0 Å². The van der Waals surface area contributed by atoms with Gasteiger partial charge in [-0.3, -0.25) is 14.6 Å². The molecule has 0 N–H and O–H groups in total. The Morgan fingerprint density at radius 1 is 1.25 bits per heavy atom. The number of carbonyl (C=O) groups is 2. The van der Waals surface area contributed by atoms with Gasteiger partial charge in [-0.1, -0.05) is 18.2 Å². The summed E-state index contributed by atoms with van der Waals surface area (Å²) in [5.41, 5.74) is 1.34. The first-order chi connectivity index (χ1) is 7.66. The highest BCUT2D eigenvalue weighted by molar-refractivity contribution is 6.08. The Balaban J connectivity index is 2.39. The van der Waals surface area contributed by atoms with Crippen molar-refractivity contribution in [2.24, 2.45) is 0 Å². The monoisotopic (exact) mass is 213 g/mol. The third kappa shape index (κ3) is 2.14. The van der Waals surface area contributed by atoms with Crippen molar-refractivity contribution in [3.05, 3.63) is 42.1 Å². The molecule has 3 heteroatoms. The van der Waals surface area contributed by atoms with Gasteiger partial charge in [-0.05, 0) is 19.1 Å². The maximum atomic E-state index is 11.6. The number of carbonyl (C=O) groups excluding carboxylic acids is 2. The second kappa shape index (κ2) is 4.23. The molecule has 1 heterocycles. The minimum absolute atomic E-state index is 0.0555. The lowest BCUT2D eigenvalue weighted by Gasteiger charge is -2.00. The number of nitrogens with zero attached hydrogens (tertiary/aromatic N) is 1. The zero-order chi connectivity index (χ0) is 11.5. The number of aromatic nitrogens is 1. The van der Waals surface area contributed by atoms with E-state index in [1.165, 1.54) is 13.1 Å². The van der Waals surface area contributed by atoms with Gasteiger partial charge in [0, 0.05) is 17.1 Å². The molecule has 0 saturated carbocycles. The Morgan fingerprint density at radius 2 is 2.00 bits per heavy atom. The summed E-state index contributed by atoms with van der Waals surface area (Å²) < 4.78 is 0. The van der Waals surface area contributed by atoms with Gasteiger partial charge in [0.15, 0.2) is 5.78 Å². The Morgan fingerprint density at radius 3 is 2.75 bits per heavy atom. The predicted molar refractivity (Wildman–Crippen MR) is 61.4 cm³/mol. The summed E-state index contributed by atoms with van der Waals surface area (Å²) in [6.07, 6.45) is 1.47. The van der Waals surface area contributed by atoms with E-state index in [2.05, 4.69) is 4.98 Å². The van der Waals surface area contributed by atoms with Gasteiger partial charge in [-0.15, -0.1) is 0 Å². The van der Waals surface area contributed by atoms with Crippen molar-refractivity contribution in [3.8, 4) is 0 Å². The fourth-order valence-electron chi connectivity index (χ4n) is 1.55. The maximum absolute atomic E-state index is 11.6. The first-order valence-electron chi connectivity index (χ1n) is 5.04. The number of hydrogen-bond acceptors (Lipinski definition) is 3. The molecule has 80 valence electrons. The van der Waals surface area contributed by atoms with Gasteiger partial charge < -0.3 is 0 Å². The molecule has 0 aliphatic carbocycles. The topological polar surface area (TPSA) is 47.0 Å². The van der Waals surface area contributed by atoms with Crippen LogP contribution in [-0.2, 0) is 4.79 Å². The van der Waals surface area contributed by atoms with Gasteiger partial charge in [0.25, 0.3) is 0 Å². The number of Topliss-reactive ketones (excluding diaryl/α,β-unsaturated/α-hetero) is 2. The molecular weight excluding hydrogens is 202 g/mol. The number of hydrogen-bond donors (Lipinski definition) is 0. The fraction of sp³-hybridized carbons (Fsp3) is 0.154. The maximum Gasteiger partial charge on any atom is 0.171 e.